The van der Waals surface area contributed by atoms with Crippen molar-refractivity contribution >= 4 is 21.7 Å². The van der Waals surface area contributed by atoms with E-state index in [1.54, 1.807) is 0 Å². The van der Waals surface area contributed by atoms with Gasteiger partial charge in [0.25, 0.3) is 0 Å². The second kappa shape index (κ2) is 5.17. The zero-order valence-electron chi connectivity index (χ0n) is 10.4. The summed E-state index contributed by atoms with van der Waals surface area (Å²) in [6.45, 7) is 1.06. The molecule has 1 aliphatic carbocycles. The van der Waals surface area contributed by atoms with Crippen LogP contribution < -0.4 is 4.90 Å². The van der Waals surface area contributed by atoms with E-state index < -0.39 is 0 Å². The van der Waals surface area contributed by atoms with Crippen LogP contribution in [0.15, 0.2) is 22.8 Å². The second-order valence-electron chi connectivity index (χ2n) is 5.37. The third kappa shape index (κ3) is 2.16. The summed E-state index contributed by atoms with van der Waals surface area (Å²) in [6, 6.07) is 4.46. The highest BCUT2D eigenvalue weighted by Crippen LogP contribution is 2.39. The highest BCUT2D eigenvalue weighted by Gasteiger charge is 2.39. The first kappa shape index (κ1) is 12.4. The number of hydrogen-bond acceptors (Lipinski definition) is 3. The first-order valence-electron chi connectivity index (χ1n) is 6.82. The standard InChI is InChI=1S/C14H19BrN2O/c15-11-5-2-8-16-14(11)17-9-3-6-12(17)10-4-1-7-13(10)18/h2,5,8,10,12-13,18H,1,3-4,6-7,9H2. The minimum Gasteiger partial charge on any atom is -0.393 e. The average Bonchev–Trinajstić information content (AvgIpc) is 2.98. The molecule has 0 aromatic carbocycles. The summed E-state index contributed by atoms with van der Waals surface area (Å²) < 4.78 is 1.06. The lowest BCUT2D eigenvalue weighted by Gasteiger charge is -2.32. The molecular formula is C14H19BrN2O. The van der Waals surface area contributed by atoms with Crippen molar-refractivity contribution < 1.29 is 5.11 Å². The quantitative estimate of drug-likeness (QED) is 0.912. The highest BCUT2D eigenvalue weighted by molar-refractivity contribution is 9.10. The second-order valence-corrected chi connectivity index (χ2v) is 6.23. The zero-order chi connectivity index (χ0) is 12.5. The van der Waals surface area contributed by atoms with Crippen LogP contribution in [0.4, 0.5) is 5.82 Å². The number of rotatable bonds is 2. The maximum atomic E-state index is 10.1. The van der Waals surface area contributed by atoms with Gasteiger partial charge in [-0.3, -0.25) is 0 Å². The van der Waals surface area contributed by atoms with E-state index in [0.717, 1.165) is 29.7 Å². The van der Waals surface area contributed by atoms with Gasteiger partial charge in [0.2, 0.25) is 0 Å². The first-order valence-corrected chi connectivity index (χ1v) is 7.62. The van der Waals surface area contributed by atoms with E-state index in [9.17, 15) is 5.11 Å². The molecule has 3 atom stereocenters. The van der Waals surface area contributed by atoms with Crippen LogP contribution >= 0.6 is 15.9 Å². The molecule has 0 amide bonds. The van der Waals surface area contributed by atoms with Crippen LogP contribution in [0.2, 0.25) is 0 Å². The molecule has 1 aliphatic heterocycles. The van der Waals surface area contributed by atoms with Crippen molar-refractivity contribution in [1.29, 1.82) is 0 Å². The minimum absolute atomic E-state index is 0.113. The molecule has 2 fully saturated rings. The minimum atomic E-state index is -0.113. The van der Waals surface area contributed by atoms with Gasteiger partial charge in [0.05, 0.1) is 10.6 Å². The number of pyridine rings is 1. The maximum Gasteiger partial charge on any atom is 0.143 e. The molecule has 4 heteroatoms. The zero-order valence-corrected chi connectivity index (χ0v) is 12.0. The van der Waals surface area contributed by atoms with E-state index in [1.807, 2.05) is 18.3 Å². The van der Waals surface area contributed by atoms with Crippen molar-refractivity contribution in [1.82, 2.24) is 4.98 Å². The molecule has 2 heterocycles. The molecule has 0 radical (unpaired) electrons. The molecule has 18 heavy (non-hydrogen) atoms. The van der Waals surface area contributed by atoms with Crippen LogP contribution in [-0.2, 0) is 0 Å². The Morgan fingerprint density at radius 3 is 2.89 bits per heavy atom. The van der Waals surface area contributed by atoms with Crippen molar-refractivity contribution in [3.8, 4) is 0 Å². The lowest BCUT2D eigenvalue weighted by molar-refractivity contribution is 0.118. The lowest BCUT2D eigenvalue weighted by atomic mass is 9.94. The SMILES string of the molecule is OC1CCCC1C1CCCN1c1ncccc1Br. The van der Waals surface area contributed by atoms with Crippen LogP contribution in [0.5, 0.6) is 0 Å². The number of hydrogen-bond donors (Lipinski definition) is 1. The van der Waals surface area contributed by atoms with Crippen LogP contribution in [0.1, 0.15) is 32.1 Å². The molecular weight excluding hydrogens is 292 g/mol. The molecule has 0 spiro atoms. The van der Waals surface area contributed by atoms with Crippen LogP contribution in [0.25, 0.3) is 0 Å². The third-order valence-electron chi connectivity index (χ3n) is 4.34. The van der Waals surface area contributed by atoms with Crippen LogP contribution in [0, 0.1) is 5.92 Å². The van der Waals surface area contributed by atoms with Crippen molar-refractivity contribution in [2.24, 2.45) is 5.92 Å². The monoisotopic (exact) mass is 310 g/mol. The summed E-state index contributed by atoms with van der Waals surface area (Å²) >= 11 is 3.59. The summed E-state index contributed by atoms with van der Waals surface area (Å²) in [5.41, 5.74) is 0. The van der Waals surface area contributed by atoms with Crippen molar-refractivity contribution in [2.45, 2.75) is 44.2 Å². The Hall–Kier alpha value is -0.610. The van der Waals surface area contributed by atoms with Crippen molar-refractivity contribution in [3.63, 3.8) is 0 Å². The molecule has 1 aromatic heterocycles. The van der Waals surface area contributed by atoms with Gasteiger partial charge >= 0.3 is 0 Å². The van der Waals surface area contributed by atoms with Gasteiger partial charge in [-0.25, -0.2) is 4.98 Å². The van der Waals surface area contributed by atoms with Gasteiger partial charge < -0.3 is 10.0 Å². The molecule has 98 valence electrons. The molecule has 1 aromatic rings. The Balaban J connectivity index is 1.85. The highest BCUT2D eigenvalue weighted by atomic mass is 79.9. The third-order valence-corrected chi connectivity index (χ3v) is 4.96. The summed E-state index contributed by atoms with van der Waals surface area (Å²) in [5.74, 6) is 1.47. The Morgan fingerprint density at radius 1 is 1.28 bits per heavy atom. The van der Waals surface area contributed by atoms with Crippen molar-refractivity contribution in [2.75, 3.05) is 11.4 Å². The van der Waals surface area contributed by atoms with E-state index in [1.165, 1.54) is 19.3 Å². The Bertz CT molecular complexity index is 426. The maximum absolute atomic E-state index is 10.1. The fraction of sp³-hybridized carbons (Fsp3) is 0.643. The molecule has 2 aliphatic rings. The van der Waals surface area contributed by atoms with E-state index in [4.69, 9.17) is 0 Å². The topological polar surface area (TPSA) is 36.4 Å². The Labute approximate surface area is 116 Å². The van der Waals surface area contributed by atoms with Gasteiger partial charge in [0, 0.05) is 24.7 Å². The smallest absolute Gasteiger partial charge is 0.143 e. The van der Waals surface area contributed by atoms with Gasteiger partial charge in [-0.1, -0.05) is 6.42 Å². The Kier molecular flexibility index (Phi) is 3.57. The van der Waals surface area contributed by atoms with Gasteiger partial charge in [-0.15, -0.1) is 0 Å². The fourth-order valence-corrected chi connectivity index (χ4v) is 3.99. The van der Waals surface area contributed by atoms with Gasteiger partial charge in [0.1, 0.15) is 5.82 Å². The van der Waals surface area contributed by atoms with Crippen LogP contribution in [-0.4, -0.2) is 28.8 Å². The number of aliphatic hydroxyl groups excluding tert-OH is 1. The molecule has 1 saturated carbocycles. The normalized spacial score (nSPS) is 32.1. The van der Waals surface area contributed by atoms with Gasteiger partial charge in [0.15, 0.2) is 0 Å². The van der Waals surface area contributed by atoms with Gasteiger partial charge in [-0.05, 0) is 53.7 Å². The number of nitrogens with zero attached hydrogens (tertiary/aromatic N) is 2. The first-order chi connectivity index (χ1) is 8.77. The molecule has 3 nitrogen and oxygen atoms in total. The molecule has 3 rings (SSSR count). The summed E-state index contributed by atoms with van der Waals surface area (Å²) in [6.07, 6.45) is 7.42. The van der Waals surface area contributed by atoms with E-state index in [-0.39, 0.29) is 6.10 Å². The summed E-state index contributed by atoms with van der Waals surface area (Å²) in [5, 5.41) is 10.1. The van der Waals surface area contributed by atoms with Crippen LogP contribution in [0.3, 0.4) is 0 Å². The molecule has 0 bridgehead atoms. The van der Waals surface area contributed by atoms with Crippen molar-refractivity contribution in [3.05, 3.63) is 22.8 Å². The van der Waals surface area contributed by atoms with E-state index >= 15 is 0 Å². The number of aliphatic hydroxyl groups is 1. The molecule has 3 unspecified atom stereocenters. The molecule has 1 saturated heterocycles. The summed E-state index contributed by atoms with van der Waals surface area (Å²) in [7, 11) is 0. The van der Waals surface area contributed by atoms with E-state index in [2.05, 4.69) is 25.8 Å². The average molecular weight is 311 g/mol. The number of aromatic nitrogens is 1. The fourth-order valence-electron chi connectivity index (χ4n) is 3.51. The van der Waals surface area contributed by atoms with E-state index in [0.29, 0.717) is 12.0 Å². The largest absolute Gasteiger partial charge is 0.393 e. The number of anilines is 1. The lowest BCUT2D eigenvalue weighted by Crippen LogP contribution is -2.39. The predicted octanol–water partition coefficient (Wildman–Crippen LogP) is 2.97. The number of halogens is 1. The van der Waals surface area contributed by atoms with Gasteiger partial charge in [-0.2, -0.15) is 0 Å². The molecule has 1 N–H and O–H groups in total. The summed E-state index contributed by atoms with van der Waals surface area (Å²) in [4.78, 5) is 6.90. The Morgan fingerprint density at radius 2 is 2.17 bits per heavy atom. The predicted molar refractivity (Wildman–Crippen MR) is 75.7 cm³/mol.